The zero-order valence-electron chi connectivity index (χ0n) is 8.88. The Morgan fingerprint density at radius 1 is 1.07 bits per heavy atom. The van der Waals surface area contributed by atoms with Crippen LogP contribution in [-0.2, 0) is 0 Å². The van der Waals surface area contributed by atoms with Gasteiger partial charge < -0.3 is 0 Å². The average molecular weight is 216 g/mol. The molecule has 0 spiro atoms. The minimum Gasteiger partial charge on any atom is -0.171 e. The minimum absolute atomic E-state index is 0.00553. The van der Waals surface area contributed by atoms with Crippen molar-refractivity contribution in [1.82, 2.24) is 0 Å². The molecule has 1 aromatic rings. The third-order valence-electron chi connectivity index (χ3n) is 2.48. The van der Waals surface area contributed by atoms with Gasteiger partial charge in [-0.3, -0.25) is 0 Å². The molecule has 1 atom stereocenters. The fourth-order valence-corrected chi connectivity index (χ4v) is 1.69. The smallest absolute Gasteiger partial charge is 0.171 e. The molecule has 0 aliphatic rings. The molecule has 0 aliphatic heterocycles. The van der Waals surface area contributed by atoms with Crippen LogP contribution in [0.4, 0.5) is 13.2 Å². The molecule has 0 N–H and O–H groups in total. The fourth-order valence-electron chi connectivity index (χ4n) is 1.69. The predicted molar refractivity (Wildman–Crippen MR) is 54.7 cm³/mol. The van der Waals surface area contributed by atoms with E-state index in [1.165, 1.54) is 0 Å². The third kappa shape index (κ3) is 3.94. The molecule has 0 saturated carbocycles. The van der Waals surface area contributed by atoms with Crippen molar-refractivity contribution in [3.8, 4) is 0 Å². The van der Waals surface area contributed by atoms with Crippen molar-refractivity contribution in [1.29, 1.82) is 0 Å². The van der Waals surface area contributed by atoms with Gasteiger partial charge in [0.15, 0.2) is 0 Å². The summed E-state index contributed by atoms with van der Waals surface area (Å²) < 4.78 is 37.1. The van der Waals surface area contributed by atoms with Gasteiger partial charge in [-0.05, 0) is 17.4 Å². The molecule has 0 amide bonds. The Bertz CT molecular complexity index is 287. The zero-order valence-corrected chi connectivity index (χ0v) is 8.88. The molecule has 0 fully saturated rings. The van der Waals surface area contributed by atoms with Crippen LogP contribution < -0.4 is 0 Å². The zero-order chi connectivity index (χ0) is 11.5. The van der Waals surface area contributed by atoms with Crippen molar-refractivity contribution in [2.75, 3.05) is 0 Å². The topological polar surface area (TPSA) is 0 Å². The Morgan fingerprint density at radius 3 is 2.00 bits per heavy atom. The van der Waals surface area contributed by atoms with Crippen LogP contribution in [0.25, 0.3) is 0 Å². The molecule has 0 bridgehead atoms. The third-order valence-corrected chi connectivity index (χ3v) is 2.48. The second-order valence-corrected chi connectivity index (χ2v) is 4.08. The predicted octanol–water partition coefficient (Wildman–Crippen LogP) is 4.38. The average Bonchev–Trinajstić information content (AvgIpc) is 2.14. The van der Waals surface area contributed by atoms with Gasteiger partial charge in [0.25, 0.3) is 0 Å². The largest absolute Gasteiger partial charge is 0.389 e. The van der Waals surface area contributed by atoms with Gasteiger partial charge in [-0.25, -0.2) is 0 Å². The Hall–Kier alpha value is -0.990. The van der Waals surface area contributed by atoms with Crippen molar-refractivity contribution in [2.45, 2.75) is 32.4 Å². The van der Waals surface area contributed by atoms with Gasteiger partial charge in [-0.2, -0.15) is 13.2 Å². The maximum atomic E-state index is 12.4. The molecule has 1 rings (SSSR count). The van der Waals surface area contributed by atoms with Crippen LogP contribution in [0.3, 0.4) is 0 Å². The van der Waals surface area contributed by atoms with Gasteiger partial charge in [0.05, 0.1) is 6.42 Å². The molecule has 15 heavy (non-hydrogen) atoms. The number of hydrogen-bond donors (Lipinski definition) is 0. The summed E-state index contributed by atoms with van der Waals surface area (Å²) in [7, 11) is 0. The van der Waals surface area contributed by atoms with Crippen LogP contribution in [0.2, 0.25) is 0 Å². The monoisotopic (exact) mass is 216 g/mol. The van der Waals surface area contributed by atoms with Crippen LogP contribution in [0.15, 0.2) is 30.3 Å². The van der Waals surface area contributed by atoms with Crippen molar-refractivity contribution >= 4 is 0 Å². The maximum absolute atomic E-state index is 12.4. The maximum Gasteiger partial charge on any atom is 0.389 e. The summed E-state index contributed by atoms with van der Waals surface area (Å²) in [5.41, 5.74) is 0.768. The molecule has 0 aliphatic carbocycles. The van der Waals surface area contributed by atoms with E-state index in [4.69, 9.17) is 0 Å². The number of hydrogen-bond acceptors (Lipinski definition) is 0. The van der Waals surface area contributed by atoms with Gasteiger partial charge in [0.1, 0.15) is 0 Å². The van der Waals surface area contributed by atoms with E-state index in [1.54, 1.807) is 24.3 Å². The van der Waals surface area contributed by atoms with Crippen LogP contribution >= 0.6 is 0 Å². The van der Waals surface area contributed by atoms with Crippen LogP contribution in [0.1, 0.15) is 31.7 Å². The SMILES string of the molecule is CC(C)C(CC(F)(F)F)c1ccccc1. The van der Waals surface area contributed by atoms with Crippen molar-refractivity contribution in [3.05, 3.63) is 35.9 Å². The second-order valence-electron chi connectivity index (χ2n) is 4.08. The standard InChI is InChI=1S/C12H15F3/c1-9(2)11(8-12(13,14)15)10-6-4-3-5-7-10/h3-7,9,11H,8H2,1-2H3. The van der Waals surface area contributed by atoms with E-state index in [1.807, 2.05) is 19.9 Å². The number of benzene rings is 1. The van der Waals surface area contributed by atoms with Gasteiger partial charge >= 0.3 is 6.18 Å². The highest BCUT2D eigenvalue weighted by atomic mass is 19.4. The van der Waals surface area contributed by atoms with E-state index in [9.17, 15) is 13.2 Å². The highest BCUT2D eigenvalue weighted by molar-refractivity contribution is 5.20. The lowest BCUT2D eigenvalue weighted by Crippen LogP contribution is -2.17. The number of alkyl halides is 3. The first-order valence-corrected chi connectivity index (χ1v) is 5.02. The molecule has 84 valence electrons. The minimum atomic E-state index is -4.09. The van der Waals surface area contributed by atoms with E-state index in [2.05, 4.69) is 0 Å². The molecule has 0 heterocycles. The summed E-state index contributed by atoms with van der Waals surface area (Å²) >= 11 is 0. The summed E-state index contributed by atoms with van der Waals surface area (Å²) in [6, 6.07) is 8.89. The van der Waals surface area contributed by atoms with Crippen molar-refractivity contribution < 1.29 is 13.2 Å². The molecule has 0 aromatic heterocycles. The highest BCUT2D eigenvalue weighted by Crippen LogP contribution is 2.35. The lowest BCUT2D eigenvalue weighted by Gasteiger charge is -2.22. The Labute approximate surface area is 88.1 Å². The Balaban J connectivity index is 2.85. The van der Waals surface area contributed by atoms with E-state index >= 15 is 0 Å². The van der Waals surface area contributed by atoms with Gasteiger partial charge in [0, 0.05) is 0 Å². The molecular weight excluding hydrogens is 201 g/mol. The van der Waals surface area contributed by atoms with E-state index in [0.717, 1.165) is 5.56 Å². The van der Waals surface area contributed by atoms with E-state index in [-0.39, 0.29) is 5.92 Å². The van der Waals surface area contributed by atoms with Crippen molar-refractivity contribution in [3.63, 3.8) is 0 Å². The molecule has 0 saturated heterocycles. The summed E-state index contributed by atoms with van der Waals surface area (Å²) in [6.45, 7) is 3.65. The fraction of sp³-hybridized carbons (Fsp3) is 0.500. The summed E-state index contributed by atoms with van der Waals surface area (Å²) in [5, 5.41) is 0. The lowest BCUT2D eigenvalue weighted by molar-refractivity contribution is -0.141. The van der Waals surface area contributed by atoms with Crippen LogP contribution in [-0.4, -0.2) is 6.18 Å². The Morgan fingerprint density at radius 2 is 1.60 bits per heavy atom. The molecule has 0 radical (unpaired) electrons. The normalized spacial score (nSPS) is 14.3. The first-order chi connectivity index (χ1) is 6.90. The second kappa shape index (κ2) is 4.69. The first kappa shape index (κ1) is 12.1. The summed E-state index contributed by atoms with van der Waals surface area (Å²) in [4.78, 5) is 0. The van der Waals surface area contributed by atoms with Crippen LogP contribution in [0.5, 0.6) is 0 Å². The first-order valence-electron chi connectivity index (χ1n) is 5.02. The van der Waals surface area contributed by atoms with Crippen LogP contribution in [0, 0.1) is 5.92 Å². The Kier molecular flexibility index (Phi) is 3.77. The van der Waals surface area contributed by atoms with Gasteiger partial charge in [-0.1, -0.05) is 44.2 Å². The highest BCUT2D eigenvalue weighted by Gasteiger charge is 2.33. The quantitative estimate of drug-likeness (QED) is 0.703. The van der Waals surface area contributed by atoms with Gasteiger partial charge in [-0.15, -0.1) is 0 Å². The van der Waals surface area contributed by atoms with Crippen molar-refractivity contribution in [2.24, 2.45) is 5.92 Å². The summed E-state index contributed by atoms with van der Waals surface area (Å²) in [6.07, 6.45) is -4.83. The molecular formula is C12H15F3. The van der Waals surface area contributed by atoms with E-state index in [0.29, 0.717) is 0 Å². The summed E-state index contributed by atoms with van der Waals surface area (Å²) in [5.74, 6) is -0.444. The molecule has 0 nitrogen and oxygen atoms in total. The molecule has 3 heteroatoms. The lowest BCUT2D eigenvalue weighted by atomic mass is 9.86. The molecule has 1 unspecified atom stereocenters. The number of rotatable bonds is 3. The molecule has 1 aromatic carbocycles. The van der Waals surface area contributed by atoms with E-state index < -0.39 is 18.5 Å². The van der Waals surface area contributed by atoms with Gasteiger partial charge in [0.2, 0.25) is 0 Å². The number of halogens is 3.